The summed E-state index contributed by atoms with van der Waals surface area (Å²) in [5.41, 5.74) is 3.26. The number of hydrogen-bond donors (Lipinski definition) is 1. The highest BCUT2D eigenvalue weighted by Gasteiger charge is 2.21. The highest BCUT2D eigenvalue weighted by atomic mass is 32.2. The topological polar surface area (TPSA) is 79.4 Å². The number of carbonyl (C=O) groups is 1. The number of carbonyl (C=O) groups excluding carboxylic acids is 1. The summed E-state index contributed by atoms with van der Waals surface area (Å²) >= 11 is 0. The first-order valence-electron chi connectivity index (χ1n) is 8.99. The Kier molecular flexibility index (Phi) is 5.94. The Morgan fingerprint density at radius 3 is 2.57 bits per heavy atom. The van der Waals surface area contributed by atoms with Crippen LogP contribution in [0.25, 0.3) is 10.9 Å². The van der Waals surface area contributed by atoms with Crippen LogP contribution in [-0.2, 0) is 21.2 Å². The SMILES string of the molecule is Cc1ccccc1N(CC(=O)NCCc1cccc2cccnc12)S(C)(=O)=O. The van der Waals surface area contributed by atoms with E-state index in [0.717, 1.165) is 32.6 Å². The van der Waals surface area contributed by atoms with Gasteiger partial charge in [-0.1, -0.05) is 42.5 Å². The van der Waals surface area contributed by atoms with Crippen LogP contribution in [0, 0.1) is 6.92 Å². The van der Waals surface area contributed by atoms with E-state index in [-0.39, 0.29) is 12.5 Å². The van der Waals surface area contributed by atoms with Crippen molar-refractivity contribution in [1.82, 2.24) is 10.3 Å². The molecule has 0 radical (unpaired) electrons. The molecule has 1 amide bonds. The number of nitrogens with zero attached hydrogens (tertiary/aromatic N) is 2. The molecule has 1 N–H and O–H groups in total. The Morgan fingerprint density at radius 2 is 1.82 bits per heavy atom. The van der Waals surface area contributed by atoms with Gasteiger partial charge in [-0.25, -0.2) is 8.42 Å². The van der Waals surface area contributed by atoms with Crippen molar-refractivity contribution >= 4 is 32.5 Å². The lowest BCUT2D eigenvalue weighted by Crippen LogP contribution is -2.41. The third-order valence-corrected chi connectivity index (χ3v) is 5.63. The van der Waals surface area contributed by atoms with Gasteiger partial charge in [0, 0.05) is 18.1 Å². The smallest absolute Gasteiger partial charge is 0.240 e. The van der Waals surface area contributed by atoms with E-state index in [1.165, 1.54) is 0 Å². The zero-order valence-electron chi connectivity index (χ0n) is 15.9. The lowest BCUT2D eigenvalue weighted by atomic mass is 10.1. The van der Waals surface area contributed by atoms with Gasteiger partial charge in [0.2, 0.25) is 15.9 Å². The van der Waals surface area contributed by atoms with E-state index in [1.807, 2.05) is 49.4 Å². The summed E-state index contributed by atoms with van der Waals surface area (Å²) < 4.78 is 25.5. The number of amides is 1. The first kappa shape index (κ1) is 19.8. The predicted octanol–water partition coefficient (Wildman–Crippen LogP) is 2.67. The Morgan fingerprint density at radius 1 is 1.07 bits per heavy atom. The van der Waals surface area contributed by atoms with Crippen molar-refractivity contribution in [1.29, 1.82) is 0 Å². The second kappa shape index (κ2) is 8.39. The number of fused-ring (bicyclic) bond motifs is 1. The maximum Gasteiger partial charge on any atom is 0.240 e. The fourth-order valence-electron chi connectivity index (χ4n) is 3.12. The molecule has 2 aromatic carbocycles. The quantitative estimate of drug-likeness (QED) is 0.665. The van der Waals surface area contributed by atoms with Crippen molar-refractivity contribution in [3.8, 4) is 0 Å². The largest absolute Gasteiger partial charge is 0.354 e. The van der Waals surface area contributed by atoms with Crippen LogP contribution < -0.4 is 9.62 Å². The number of aromatic nitrogens is 1. The highest BCUT2D eigenvalue weighted by Crippen LogP contribution is 2.21. The number of pyridine rings is 1. The van der Waals surface area contributed by atoms with Crippen molar-refractivity contribution in [2.45, 2.75) is 13.3 Å². The molecule has 0 fully saturated rings. The molecule has 7 heteroatoms. The maximum atomic E-state index is 12.4. The van der Waals surface area contributed by atoms with Crippen LogP contribution in [0.15, 0.2) is 60.8 Å². The molecule has 6 nitrogen and oxygen atoms in total. The third kappa shape index (κ3) is 4.67. The van der Waals surface area contributed by atoms with Crippen molar-refractivity contribution < 1.29 is 13.2 Å². The number of benzene rings is 2. The average Bonchev–Trinajstić information content (AvgIpc) is 2.66. The van der Waals surface area contributed by atoms with Crippen LogP contribution >= 0.6 is 0 Å². The van der Waals surface area contributed by atoms with Gasteiger partial charge in [-0.05, 0) is 36.6 Å². The number of sulfonamides is 1. The molecule has 0 aliphatic rings. The monoisotopic (exact) mass is 397 g/mol. The second-order valence-corrected chi connectivity index (χ2v) is 8.56. The van der Waals surface area contributed by atoms with Gasteiger partial charge in [0.15, 0.2) is 0 Å². The number of aryl methyl sites for hydroxylation is 1. The van der Waals surface area contributed by atoms with E-state index in [1.54, 1.807) is 18.3 Å². The summed E-state index contributed by atoms with van der Waals surface area (Å²) in [6, 6.07) is 16.9. The van der Waals surface area contributed by atoms with Crippen LogP contribution in [0.5, 0.6) is 0 Å². The van der Waals surface area contributed by atoms with E-state index in [9.17, 15) is 13.2 Å². The molecule has 0 saturated carbocycles. The van der Waals surface area contributed by atoms with Gasteiger partial charge in [0.05, 0.1) is 17.5 Å². The number of nitrogens with one attached hydrogen (secondary N) is 1. The number of anilines is 1. The second-order valence-electron chi connectivity index (χ2n) is 6.65. The van der Waals surface area contributed by atoms with E-state index < -0.39 is 10.0 Å². The van der Waals surface area contributed by atoms with Crippen LogP contribution in [-0.4, -0.2) is 38.7 Å². The first-order valence-corrected chi connectivity index (χ1v) is 10.8. The third-order valence-electron chi connectivity index (χ3n) is 4.50. The van der Waals surface area contributed by atoms with Gasteiger partial charge in [0.1, 0.15) is 6.54 Å². The van der Waals surface area contributed by atoms with Gasteiger partial charge in [-0.3, -0.25) is 14.1 Å². The molecule has 1 heterocycles. The molecule has 146 valence electrons. The van der Waals surface area contributed by atoms with E-state index >= 15 is 0 Å². The van der Waals surface area contributed by atoms with Crippen molar-refractivity contribution in [2.75, 3.05) is 23.7 Å². The normalized spacial score (nSPS) is 11.4. The Labute approximate surface area is 165 Å². The van der Waals surface area contributed by atoms with Gasteiger partial charge in [-0.2, -0.15) is 0 Å². The molecule has 3 aromatic rings. The van der Waals surface area contributed by atoms with Gasteiger partial charge in [0.25, 0.3) is 0 Å². The summed E-state index contributed by atoms with van der Waals surface area (Å²) in [5, 5.41) is 3.86. The molecule has 0 spiro atoms. The van der Waals surface area contributed by atoms with Gasteiger partial charge >= 0.3 is 0 Å². The van der Waals surface area contributed by atoms with E-state index in [4.69, 9.17) is 0 Å². The van der Waals surface area contributed by atoms with Crippen LogP contribution in [0.1, 0.15) is 11.1 Å². The maximum absolute atomic E-state index is 12.4. The Balaban J connectivity index is 1.66. The Hall–Kier alpha value is -2.93. The van der Waals surface area contributed by atoms with Crippen molar-refractivity contribution in [3.63, 3.8) is 0 Å². The van der Waals surface area contributed by atoms with Crippen molar-refractivity contribution in [2.24, 2.45) is 0 Å². The molecule has 0 aliphatic carbocycles. The fourth-order valence-corrected chi connectivity index (χ4v) is 4.03. The highest BCUT2D eigenvalue weighted by molar-refractivity contribution is 7.92. The van der Waals surface area contributed by atoms with Crippen molar-refractivity contribution in [3.05, 3.63) is 71.9 Å². The lowest BCUT2D eigenvalue weighted by Gasteiger charge is -2.23. The van der Waals surface area contributed by atoms with E-state index in [2.05, 4.69) is 10.3 Å². The fraction of sp³-hybridized carbons (Fsp3) is 0.238. The van der Waals surface area contributed by atoms with Gasteiger partial charge in [-0.15, -0.1) is 0 Å². The number of para-hydroxylation sites is 2. The molecular formula is C21H23N3O3S. The molecule has 1 aromatic heterocycles. The van der Waals surface area contributed by atoms with Crippen LogP contribution in [0.2, 0.25) is 0 Å². The molecule has 28 heavy (non-hydrogen) atoms. The molecule has 0 aliphatic heterocycles. The minimum Gasteiger partial charge on any atom is -0.354 e. The summed E-state index contributed by atoms with van der Waals surface area (Å²) in [6.07, 6.45) is 3.47. The molecule has 0 bridgehead atoms. The zero-order chi connectivity index (χ0) is 20.1. The van der Waals surface area contributed by atoms with E-state index in [0.29, 0.717) is 18.7 Å². The average molecular weight is 398 g/mol. The molecule has 0 saturated heterocycles. The summed E-state index contributed by atoms with van der Waals surface area (Å²) in [6.45, 7) is 1.97. The molecule has 0 unspecified atom stereocenters. The minimum atomic E-state index is -3.58. The minimum absolute atomic E-state index is 0.253. The molecule has 0 atom stereocenters. The summed E-state index contributed by atoms with van der Waals surface area (Å²) in [5.74, 6) is -0.345. The number of hydrogen-bond acceptors (Lipinski definition) is 4. The van der Waals surface area contributed by atoms with Crippen LogP contribution in [0.4, 0.5) is 5.69 Å². The predicted molar refractivity (Wildman–Crippen MR) is 112 cm³/mol. The standard InChI is InChI=1S/C21H23N3O3S/c1-16-7-3-4-11-19(16)24(28(2,26)27)15-20(25)22-14-12-18-9-5-8-17-10-6-13-23-21(17)18/h3-11,13H,12,14-15H2,1-2H3,(H,22,25). The lowest BCUT2D eigenvalue weighted by molar-refractivity contribution is -0.119. The summed E-state index contributed by atoms with van der Waals surface area (Å²) in [7, 11) is -3.58. The molecule has 3 rings (SSSR count). The van der Waals surface area contributed by atoms with Crippen LogP contribution in [0.3, 0.4) is 0 Å². The number of rotatable bonds is 7. The molecular weight excluding hydrogens is 374 g/mol. The summed E-state index contributed by atoms with van der Waals surface area (Å²) in [4.78, 5) is 16.8. The first-order chi connectivity index (χ1) is 13.4. The zero-order valence-corrected chi connectivity index (χ0v) is 16.7. The van der Waals surface area contributed by atoms with Gasteiger partial charge < -0.3 is 5.32 Å². The Bertz CT molecular complexity index is 1090.